The third-order valence-corrected chi connectivity index (χ3v) is 4.66. The maximum Gasteiger partial charge on any atom is 0.326 e. The lowest BCUT2D eigenvalue weighted by molar-refractivity contribution is -0.149. The highest BCUT2D eigenvalue weighted by Crippen LogP contribution is 2.37. The average molecular weight is 293 g/mol. The van der Waals surface area contributed by atoms with E-state index in [0.717, 1.165) is 5.56 Å². The molecule has 1 aliphatic heterocycles. The van der Waals surface area contributed by atoms with Gasteiger partial charge in [0.15, 0.2) is 0 Å². The Morgan fingerprint density at radius 1 is 1.45 bits per heavy atom. The molecule has 1 saturated heterocycles. The minimum atomic E-state index is -0.965. The Hall–Kier alpha value is -1.49. The number of aliphatic carboxylic acids is 1. The molecule has 20 heavy (non-hydrogen) atoms. The number of thiol groups is 1. The third kappa shape index (κ3) is 2.68. The number of amides is 1. The smallest absolute Gasteiger partial charge is 0.326 e. The van der Waals surface area contributed by atoms with Crippen molar-refractivity contribution < 1.29 is 14.7 Å². The number of benzene rings is 1. The van der Waals surface area contributed by atoms with Gasteiger partial charge in [-0.15, -0.1) is 0 Å². The molecule has 1 aromatic carbocycles. The van der Waals surface area contributed by atoms with Gasteiger partial charge in [-0.1, -0.05) is 30.3 Å². The second-order valence-electron chi connectivity index (χ2n) is 5.36. The van der Waals surface area contributed by atoms with Gasteiger partial charge < -0.3 is 10.0 Å². The van der Waals surface area contributed by atoms with E-state index in [0.29, 0.717) is 25.1 Å². The first kappa shape index (κ1) is 14.9. The van der Waals surface area contributed by atoms with E-state index in [9.17, 15) is 9.59 Å². The van der Waals surface area contributed by atoms with E-state index in [1.807, 2.05) is 30.3 Å². The molecule has 0 bridgehead atoms. The molecule has 2 rings (SSSR count). The van der Waals surface area contributed by atoms with Gasteiger partial charge in [-0.05, 0) is 25.3 Å². The quantitative estimate of drug-likeness (QED) is 0.815. The fraction of sp³-hybridized carbons (Fsp3) is 0.467. The number of hydrogen-bond donors (Lipinski definition) is 2. The summed E-state index contributed by atoms with van der Waals surface area (Å²) in [6, 6.07) is 9.02. The lowest BCUT2D eigenvalue weighted by Crippen LogP contribution is -2.44. The number of rotatable bonds is 5. The number of likely N-dealkylation sites (tertiary alicyclic amines) is 1. The van der Waals surface area contributed by atoms with E-state index >= 15 is 0 Å². The number of nitrogens with zero attached hydrogens (tertiary/aromatic N) is 1. The molecule has 0 spiro atoms. The summed E-state index contributed by atoms with van der Waals surface area (Å²) in [5, 5.41) is 9.08. The van der Waals surface area contributed by atoms with E-state index in [1.54, 1.807) is 6.92 Å². The molecule has 0 radical (unpaired) electrons. The topological polar surface area (TPSA) is 57.6 Å². The Bertz CT molecular complexity index is 505. The van der Waals surface area contributed by atoms with Crippen LogP contribution in [0.15, 0.2) is 30.3 Å². The maximum atomic E-state index is 12.6. The number of carboxylic acids is 1. The van der Waals surface area contributed by atoms with E-state index in [2.05, 4.69) is 12.6 Å². The number of carbonyl (C=O) groups excluding carboxylic acids is 1. The summed E-state index contributed by atoms with van der Waals surface area (Å²) in [7, 11) is 0. The summed E-state index contributed by atoms with van der Waals surface area (Å²) in [4.78, 5) is 25.2. The molecule has 1 amide bonds. The van der Waals surface area contributed by atoms with Crippen LogP contribution in [0, 0.1) is 5.41 Å². The van der Waals surface area contributed by atoms with Crippen molar-refractivity contribution in [2.24, 2.45) is 5.41 Å². The van der Waals surface area contributed by atoms with Crippen LogP contribution in [0.1, 0.15) is 18.9 Å². The molecule has 4 nitrogen and oxygen atoms in total. The van der Waals surface area contributed by atoms with Crippen molar-refractivity contribution in [1.82, 2.24) is 4.90 Å². The zero-order valence-electron chi connectivity index (χ0n) is 11.5. The van der Waals surface area contributed by atoms with Gasteiger partial charge in [0.25, 0.3) is 0 Å². The van der Waals surface area contributed by atoms with E-state index < -0.39 is 17.4 Å². The summed E-state index contributed by atoms with van der Waals surface area (Å²) in [6.07, 6.45) is 1.26. The summed E-state index contributed by atoms with van der Waals surface area (Å²) in [6.45, 7) is 2.04. The first-order valence-corrected chi connectivity index (χ1v) is 7.32. The van der Waals surface area contributed by atoms with Crippen molar-refractivity contribution in [3.05, 3.63) is 35.9 Å². The molecular formula is C15H19NO3S. The van der Waals surface area contributed by atoms with E-state index in [1.165, 1.54) is 4.90 Å². The summed E-state index contributed by atoms with van der Waals surface area (Å²) in [5.41, 5.74) is 0.508. The highest BCUT2D eigenvalue weighted by atomic mass is 32.1. The fourth-order valence-corrected chi connectivity index (χ4v) is 3.11. The van der Waals surface area contributed by atoms with Crippen molar-refractivity contribution in [2.45, 2.75) is 25.8 Å². The molecule has 0 unspecified atom stereocenters. The van der Waals surface area contributed by atoms with Crippen molar-refractivity contribution in [3.8, 4) is 0 Å². The van der Waals surface area contributed by atoms with Gasteiger partial charge in [0, 0.05) is 12.3 Å². The maximum absolute atomic E-state index is 12.6. The van der Waals surface area contributed by atoms with Crippen molar-refractivity contribution >= 4 is 24.5 Å². The van der Waals surface area contributed by atoms with Gasteiger partial charge in [-0.2, -0.15) is 12.6 Å². The predicted octanol–water partition coefficient (Wildman–Crippen LogP) is 1.85. The molecule has 108 valence electrons. The lowest BCUT2D eigenvalue weighted by atomic mass is 9.82. The highest BCUT2D eigenvalue weighted by Gasteiger charge is 2.47. The Morgan fingerprint density at radius 3 is 2.65 bits per heavy atom. The van der Waals surface area contributed by atoms with Crippen LogP contribution in [0.25, 0.3) is 0 Å². The largest absolute Gasteiger partial charge is 0.480 e. The summed E-state index contributed by atoms with van der Waals surface area (Å²) < 4.78 is 0. The van der Waals surface area contributed by atoms with Gasteiger partial charge in [0.1, 0.15) is 6.04 Å². The molecule has 1 N–H and O–H groups in total. The average Bonchev–Trinajstić information content (AvgIpc) is 2.77. The van der Waals surface area contributed by atoms with Crippen molar-refractivity contribution in [2.75, 3.05) is 12.3 Å². The summed E-state index contributed by atoms with van der Waals surface area (Å²) in [5.74, 6) is -0.622. The SMILES string of the molecule is C[C@@H](C(=O)O)N1CC[C@](CS)(Cc2ccccc2)C1=O. The molecule has 0 aliphatic carbocycles. The Kier molecular flexibility index (Phi) is 4.38. The summed E-state index contributed by atoms with van der Waals surface area (Å²) >= 11 is 4.36. The Balaban J connectivity index is 2.20. The van der Waals surface area contributed by atoms with Crippen LogP contribution in [-0.2, 0) is 16.0 Å². The fourth-order valence-electron chi connectivity index (χ4n) is 2.70. The van der Waals surface area contributed by atoms with Gasteiger partial charge in [-0.25, -0.2) is 4.79 Å². The third-order valence-electron chi connectivity index (χ3n) is 4.06. The predicted molar refractivity (Wildman–Crippen MR) is 79.9 cm³/mol. The van der Waals surface area contributed by atoms with Crippen LogP contribution in [-0.4, -0.2) is 40.2 Å². The molecule has 0 saturated carbocycles. The first-order valence-electron chi connectivity index (χ1n) is 6.69. The molecular weight excluding hydrogens is 274 g/mol. The second kappa shape index (κ2) is 5.87. The minimum absolute atomic E-state index is 0.0914. The van der Waals surface area contributed by atoms with Crippen LogP contribution in [0.5, 0.6) is 0 Å². The zero-order valence-corrected chi connectivity index (χ0v) is 12.3. The van der Waals surface area contributed by atoms with Crippen LogP contribution < -0.4 is 0 Å². The van der Waals surface area contributed by atoms with E-state index in [-0.39, 0.29) is 5.91 Å². The minimum Gasteiger partial charge on any atom is -0.480 e. The van der Waals surface area contributed by atoms with Crippen molar-refractivity contribution in [1.29, 1.82) is 0 Å². The molecule has 1 aliphatic rings. The van der Waals surface area contributed by atoms with Crippen LogP contribution in [0.3, 0.4) is 0 Å². The molecule has 1 aromatic rings. The van der Waals surface area contributed by atoms with Gasteiger partial charge >= 0.3 is 5.97 Å². The number of carboxylic acid groups (broad SMARTS) is 1. The van der Waals surface area contributed by atoms with Gasteiger partial charge in [0.05, 0.1) is 5.41 Å². The van der Waals surface area contributed by atoms with Crippen LogP contribution in [0.4, 0.5) is 0 Å². The zero-order chi connectivity index (χ0) is 14.8. The van der Waals surface area contributed by atoms with E-state index in [4.69, 9.17) is 5.11 Å². The lowest BCUT2D eigenvalue weighted by Gasteiger charge is -2.27. The van der Waals surface area contributed by atoms with Gasteiger partial charge in [0.2, 0.25) is 5.91 Å². The van der Waals surface area contributed by atoms with Crippen LogP contribution >= 0.6 is 12.6 Å². The van der Waals surface area contributed by atoms with Gasteiger partial charge in [-0.3, -0.25) is 4.79 Å². The molecule has 2 atom stereocenters. The molecule has 5 heteroatoms. The Labute approximate surface area is 124 Å². The molecule has 0 aromatic heterocycles. The molecule has 1 heterocycles. The monoisotopic (exact) mass is 293 g/mol. The standard InChI is InChI=1S/C15H19NO3S/c1-11(13(17)18)16-8-7-15(10-20,14(16)19)9-12-5-3-2-4-6-12/h2-6,11,20H,7-10H2,1H3,(H,17,18)/t11-,15+/m0/s1. The van der Waals surface area contributed by atoms with Crippen molar-refractivity contribution in [3.63, 3.8) is 0 Å². The first-order chi connectivity index (χ1) is 9.50. The highest BCUT2D eigenvalue weighted by molar-refractivity contribution is 7.80. The number of hydrogen-bond acceptors (Lipinski definition) is 3. The van der Waals surface area contributed by atoms with Crippen LogP contribution in [0.2, 0.25) is 0 Å². The normalized spacial score (nSPS) is 23.9. The number of carbonyl (C=O) groups is 2. The second-order valence-corrected chi connectivity index (χ2v) is 5.68. The Morgan fingerprint density at radius 2 is 2.10 bits per heavy atom. The molecule has 1 fully saturated rings.